The molecule has 0 aliphatic carbocycles. The maximum atomic E-state index is 13.0. The molecule has 3 nitrogen and oxygen atoms in total. The van der Waals surface area contributed by atoms with Crippen molar-refractivity contribution in [1.29, 1.82) is 0 Å². The van der Waals surface area contributed by atoms with E-state index in [1.54, 1.807) is 0 Å². The summed E-state index contributed by atoms with van der Waals surface area (Å²) >= 11 is 0. The molecule has 0 saturated carbocycles. The van der Waals surface area contributed by atoms with Gasteiger partial charge in [0.05, 0.1) is 0 Å². The molecule has 3 rings (SSSR count). The predicted octanol–water partition coefficient (Wildman–Crippen LogP) is 6.53. The number of nitrogens with zero attached hydrogens (tertiary/aromatic N) is 1. The van der Waals surface area contributed by atoms with Crippen LogP contribution in [0.25, 0.3) is 21.5 Å². The van der Waals surface area contributed by atoms with Crippen molar-refractivity contribution in [3.63, 3.8) is 0 Å². The van der Waals surface area contributed by atoms with Crippen molar-refractivity contribution in [3.8, 4) is 0 Å². The van der Waals surface area contributed by atoms with E-state index in [1.165, 1.54) is 0 Å². The molecule has 3 heteroatoms. The lowest BCUT2D eigenvalue weighted by atomic mass is 9.96. The van der Waals surface area contributed by atoms with Crippen molar-refractivity contribution in [3.05, 3.63) is 60.2 Å². The molecule has 0 spiro atoms. The lowest BCUT2D eigenvalue weighted by molar-refractivity contribution is 0.0173. The van der Waals surface area contributed by atoms with Gasteiger partial charge in [0.2, 0.25) is 0 Å². The van der Waals surface area contributed by atoms with Gasteiger partial charge in [0.1, 0.15) is 6.61 Å². The zero-order chi connectivity index (χ0) is 19.8. The van der Waals surface area contributed by atoms with Crippen LogP contribution in [0.15, 0.2) is 54.6 Å². The van der Waals surface area contributed by atoms with Gasteiger partial charge in [-0.15, -0.1) is 0 Å². The Kier molecular flexibility index (Phi) is 4.90. The van der Waals surface area contributed by atoms with E-state index < -0.39 is 0 Å². The molecule has 3 aromatic rings. The van der Waals surface area contributed by atoms with Gasteiger partial charge in [0.15, 0.2) is 0 Å². The van der Waals surface area contributed by atoms with Crippen molar-refractivity contribution in [2.24, 2.45) is 0 Å². The minimum Gasteiger partial charge on any atom is -0.444 e. The summed E-state index contributed by atoms with van der Waals surface area (Å²) in [7, 11) is 0. The Labute approximate surface area is 161 Å². The van der Waals surface area contributed by atoms with Gasteiger partial charge in [-0.1, -0.05) is 48.5 Å². The molecule has 0 saturated heterocycles. The largest absolute Gasteiger partial charge is 0.444 e. The molecule has 0 heterocycles. The highest BCUT2D eigenvalue weighted by atomic mass is 16.6. The minimum absolute atomic E-state index is 0.253. The maximum Gasteiger partial charge on any atom is 0.410 e. The first kappa shape index (κ1) is 19.2. The maximum absolute atomic E-state index is 13.0. The number of ether oxygens (including phenoxy) is 1. The third-order valence-electron chi connectivity index (χ3n) is 4.75. The van der Waals surface area contributed by atoms with E-state index in [1.807, 2.05) is 70.7 Å². The number of carbonyl (C=O) groups excluding carboxylic acids is 1. The molecule has 142 valence electrons. The van der Waals surface area contributed by atoms with Gasteiger partial charge in [-0.25, -0.2) is 4.79 Å². The van der Waals surface area contributed by atoms with E-state index >= 15 is 0 Å². The second-order valence-corrected chi connectivity index (χ2v) is 9.03. The molecule has 0 fully saturated rings. The molecule has 0 aromatic heterocycles. The van der Waals surface area contributed by atoms with Crippen LogP contribution < -0.4 is 0 Å². The molecular formula is C24H29NO2. The minimum atomic E-state index is -0.323. The number of hydrogen-bond acceptors (Lipinski definition) is 2. The molecule has 0 unspecified atom stereocenters. The fourth-order valence-corrected chi connectivity index (χ4v) is 4.02. The van der Waals surface area contributed by atoms with Gasteiger partial charge in [-0.05, 0) is 69.2 Å². The summed E-state index contributed by atoms with van der Waals surface area (Å²) in [6.45, 7) is 12.5. The van der Waals surface area contributed by atoms with Gasteiger partial charge < -0.3 is 4.74 Å². The van der Waals surface area contributed by atoms with Gasteiger partial charge in [-0.3, -0.25) is 4.90 Å². The van der Waals surface area contributed by atoms with Crippen molar-refractivity contribution in [1.82, 2.24) is 4.90 Å². The van der Waals surface area contributed by atoms with E-state index in [-0.39, 0.29) is 23.8 Å². The Hall–Kier alpha value is -2.55. The molecule has 1 amide bonds. The third-order valence-corrected chi connectivity index (χ3v) is 4.75. The third kappa shape index (κ3) is 3.92. The summed E-state index contributed by atoms with van der Waals surface area (Å²) in [6, 6.07) is 18.7. The summed E-state index contributed by atoms with van der Waals surface area (Å²) in [5.41, 5.74) is 0.409. The van der Waals surface area contributed by atoms with Crippen LogP contribution in [0.3, 0.4) is 0 Å². The number of benzene rings is 3. The second kappa shape index (κ2) is 6.88. The highest BCUT2D eigenvalue weighted by Crippen LogP contribution is 2.30. The summed E-state index contributed by atoms with van der Waals surface area (Å²) in [6.07, 6.45) is -0.285. The molecule has 0 atom stereocenters. The molecule has 27 heavy (non-hydrogen) atoms. The second-order valence-electron chi connectivity index (χ2n) is 9.03. The monoisotopic (exact) mass is 363 g/mol. The number of fused-ring (bicyclic) bond motifs is 2. The van der Waals surface area contributed by atoms with Crippen LogP contribution in [0, 0.1) is 0 Å². The summed E-state index contributed by atoms with van der Waals surface area (Å²) in [5.74, 6) is 0. The van der Waals surface area contributed by atoms with E-state index in [0.717, 1.165) is 27.1 Å². The van der Waals surface area contributed by atoms with Gasteiger partial charge in [0.25, 0.3) is 0 Å². The zero-order valence-electron chi connectivity index (χ0n) is 17.2. The lowest BCUT2D eigenvalue weighted by Gasteiger charge is -2.44. The number of carbonyl (C=O) groups is 1. The van der Waals surface area contributed by atoms with Crippen LogP contribution in [0.1, 0.15) is 47.1 Å². The van der Waals surface area contributed by atoms with Crippen molar-refractivity contribution in [2.45, 2.75) is 59.2 Å². The number of rotatable bonds is 2. The molecule has 0 aliphatic rings. The van der Waals surface area contributed by atoms with E-state index in [2.05, 4.69) is 30.3 Å². The van der Waals surface area contributed by atoms with E-state index in [4.69, 9.17) is 4.74 Å². The average Bonchev–Trinajstić information content (AvgIpc) is 2.56. The van der Waals surface area contributed by atoms with Gasteiger partial charge >= 0.3 is 6.09 Å². The van der Waals surface area contributed by atoms with Crippen LogP contribution in [0.4, 0.5) is 4.79 Å². The molecule has 0 bridgehead atoms. The first-order valence-electron chi connectivity index (χ1n) is 9.45. The SMILES string of the molecule is CC(C)(C)N(C(=O)OCc1c2ccccc2cc2ccccc12)C(C)(C)C. The van der Waals surface area contributed by atoms with Crippen LogP contribution in [-0.4, -0.2) is 22.1 Å². The van der Waals surface area contributed by atoms with Gasteiger partial charge in [-0.2, -0.15) is 0 Å². The Morgan fingerprint density at radius 3 is 1.70 bits per heavy atom. The highest BCUT2D eigenvalue weighted by Gasteiger charge is 2.36. The number of hydrogen-bond donors (Lipinski definition) is 0. The van der Waals surface area contributed by atoms with Crippen LogP contribution in [0.2, 0.25) is 0 Å². The normalized spacial score (nSPS) is 12.4. The van der Waals surface area contributed by atoms with Crippen LogP contribution in [-0.2, 0) is 11.3 Å². The quantitative estimate of drug-likeness (QED) is 0.485. The van der Waals surface area contributed by atoms with Crippen molar-refractivity contribution >= 4 is 27.6 Å². The Balaban J connectivity index is 2.00. The highest BCUT2D eigenvalue weighted by molar-refractivity contribution is 6.02. The van der Waals surface area contributed by atoms with Crippen LogP contribution in [0.5, 0.6) is 0 Å². The fourth-order valence-electron chi connectivity index (χ4n) is 4.02. The first-order chi connectivity index (χ1) is 12.6. The Morgan fingerprint density at radius 2 is 1.26 bits per heavy atom. The first-order valence-corrected chi connectivity index (χ1v) is 9.45. The molecule has 3 aromatic carbocycles. The van der Waals surface area contributed by atoms with Crippen molar-refractivity contribution in [2.75, 3.05) is 0 Å². The molecule has 0 aliphatic heterocycles. The topological polar surface area (TPSA) is 29.5 Å². The fraction of sp³-hybridized carbons (Fsp3) is 0.375. The van der Waals surface area contributed by atoms with Crippen LogP contribution >= 0.6 is 0 Å². The lowest BCUT2D eigenvalue weighted by Crippen LogP contribution is -2.55. The Bertz CT molecular complexity index is 909. The van der Waals surface area contributed by atoms with Gasteiger partial charge in [0, 0.05) is 16.6 Å². The standard InChI is InChI=1S/C24H29NO2/c1-23(2,3)25(24(4,5)6)22(26)27-16-21-19-13-9-7-11-17(19)15-18-12-8-10-14-20(18)21/h7-15H,16H2,1-6H3. The Morgan fingerprint density at radius 1 is 0.815 bits per heavy atom. The summed E-state index contributed by atoms with van der Waals surface area (Å²) in [4.78, 5) is 14.8. The average molecular weight is 364 g/mol. The van der Waals surface area contributed by atoms with E-state index in [0.29, 0.717) is 0 Å². The summed E-state index contributed by atoms with van der Waals surface area (Å²) < 4.78 is 5.85. The molecular weight excluding hydrogens is 334 g/mol. The van der Waals surface area contributed by atoms with E-state index in [9.17, 15) is 4.79 Å². The molecule has 0 N–H and O–H groups in total. The smallest absolute Gasteiger partial charge is 0.410 e. The predicted molar refractivity (Wildman–Crippen MR) is 113 cm³/mol. The molecule has 0 radical (unpaired) electrons. The van der Waals surface area contributed by atoms with Crippen molar-refractivity contribution < 1.29 is 9.53 Å². The number of amides is 1. The summed E-state index contributed by atoms with van der Waals surface area (Å²) in [5, 5.41) is 4.57. The zero-order valence-corrected chi connectivity index (χ0v) is 17.2.